The SMILES string of the molecule is CCCCCC(=N)CCOc1ccc2nc(-c3cc(OC)c(OC)c(OC)c3)n(Cc3ccccc3C(F)(F)F)c2c1. The first-order valence-electron chi connectivity index (χ1n) is 13.8. The number of hydrogen-bond donors (Lipinski definition) is 1. The lowest BCUT2D eigenvalue weighted by Crippen LogP contribution is -2.12. The highest BCUT2D eigenvalue weighted by Crippen LogP contribution is 2.42. The minimum absolute atomic E-state index is 0.0935. The van der Waals surface area contributed by atoms with E-state index >= 15 is 0 Å². The number of rotatable bonds is 14. The van der Waals surface area contributed by atoms with Crippen LogP contribution in [0, 0.1) is 5.41 Å². The van der Waals surface area contributed by atoms with Crippen LogP contribution in [0.4, 0.5) is 13.2 Å². The molecule has 10 heteroatoms. The molecule has 4 aromatic rings. The van der Waals surface area contributed by atoms with Crippen molar-refractivity contribution in [3.05, 3.63) is 65.7 Å². The first-order chi connectivity index (χ1) is 20.2. The number of unbranched alkanes of at least 4 members (excludes halogenated alkanes) is 2. The van der Waals surface area contributed by atoms with E-state index in [0.29, 0.717) is 64.2 Å². The number of aromatic nitrogens is 2. The van der Waals surface area contributed by atoms with Gasteiger partial charge < -0.3 is 28.9 Å². The molecule has 1 heterocycles. The van der Waals surface area contributed by atoms with Crippen LogP contribution in [0.1, 0.15) is 50.2 Å². The van der Waals surface area contributed by atoms with Gasteiger partial charge in [-0.3, -0.25) is 0 Å². The summed E-state index contributed by atoms with van der Waals surface area (Å²) in [4.78, 5) is 4.81. The number of fused-ring (bicyclic) bond motifs is 1. The Morgan fingerprint density at radius 3 is 2.26 bits per heavy atom. The first-order valence-corrected chi connectivity index (χ1v) is 13.8. The van der Waals surface area contributed by atoms with Crippen LogP contribution in [-0.2, 0) is 12.7 Å². The minimum atomic E-state index is -4.52. The molecule has 224 valence electrons. The number of ether oxygens (including phenoxy) is 4. The monoisotopic (exact) mass is 583 g/mol. The topological polar surface area (TPSA) is 78.6 Å². The van der Waals surface area contributed by atoms with Gasteiger partial charge in [-0.05, 0) is 48.7 Å². The summed E-state index contributed by atoms with van der Waals surface area (Å²) in [5.74, 6) is 2.16. The van der Waals surface area contributed by atoms with Crippen molar-refractivity contribution < 1.29 is 32.1 Å². The van der Waals surface area contributed by atoms with Gasteiger partial charge in [0.2, 0.25) is 5.75 Å². The fraction of sp³-hybridized carbons (Fsp3) is 0.375. The summed E-state index contributed by atoms with van der Waals surface area (Å²) in [7, 11) is 4.49. The molecular formula is C32H36F3N3O4. The number of halogens is 3. The van der Waals surface area contributed by atoms with Gasteiger partial charge in [0.15, 0.2) is 11.5 Å². The summed E-state index contributed by atoms with van der Waals surface area (Å²) < 4.78 is 66.1. The summed E-state index contributed by atoms with van der Waals surface area (Å²) in [5.41, 5.74) is 1.80. The molecule has 0 fully saturated rings. The fourth-order valence-electron chi connectivity index (χ4n) is 4.89. The second kappa shape index (κ2) is 13.6. The van der Waals surface area contributed by atoms with Crippen LogP contribution < -0.4 is 18.9 Å². The highest BCUT2D eigenvalue weighted by Gasteiger charge is 2.33. The largest absolute Gasteiger partial charge is 0.493 e. The van der Waals surface area contributed by atoms with Crippen molar-refractivity contribution in [2.45, 2.75) is 51.7 Å². The molecule has 0 aliphatic carbocycles. The van der Waals surface area contributed by atoms with Crippen molar-refractivity contribution in [3.8, 4) is 34.4 Å². The van der Waals surface area contributed by atoms with Crippen LogP contribution in [0.2, 0.25) is 0 Å². The van der Waals surface area contributed by atoms with E-state index in [0.717, 1.165) is 31.7 Å². The van der Waals surface area contributed by atoms with Crippen LogP contribution in [0.5, 0.6) is 23.0 Å². The normalized spacial score (nSPS) is 11.5. The lowest BCUT2D eigenvalue weighted by Gasteiger charge is -2.17. The Hall–Kier alpha value is -4.21. The van der Waals surface area contributed by atoms with Crippen molar-refractivity contribution in [2.75, 3.05) is 27.9 Å². The molecule has 0 atom stereocenters. The third-order valence-electron chi connectivity index (χ3n) is 7.05. The zero-order valence-electron chi connectivity index (χ0n) is 24.3. The molecule has 0 aliphatic heterocycles. The second-order valence-corrected chi connectivity index (χ2v) is 9.90. The standard InChI is InChI=1S/C32H36F3N3O4/c1-5-6-7-11-23(36)15-16-42-24-13-14-26-27(19-24)38(20-21-10-8-9-12-25(21)32(33,34)35)31(37-26)22-17-28(39-2)30(41-4)29(18-22)40-3/h8-10,12-14,17-19,36H,5-7,11,15-16,20H2,1-4H3. The highest BCUT2D eigenvalue weighted by atomic mass is 19.4. The number of nitrogens with one attached hydrogen (secondary N) is 1. The molecule has 4 rings (SSSR count). The Kier molecular flexibility index (Phi) is 9.98. The van der Waals surface area contributed by atoms with E-state index in [1.807, 2.05) is 0 Å². The molecule has 7 nitrogen and oxygen atoms in total. The number of benzene rings is 3. The molecule has 1 aromatic heterocycles. The van der Waals surface area contributed by atoms with Gasteiger partial charge in [0.1, 0.15) is 11.6 Å². The Balaban J connectivity index is 1.78. The molecule has 0 bridgehead atoms. The third-order valence-corrected chi connectivity index (χ3v) is 7.05. The van der Waals surface area contributed by atoms with Gasteiger partial charge in [-0.25, -0.2) is 4.98 Å². The van der Waals surface area contributed by atoms with E-state index in [-0.39, 0.29) is 12.1 Å². The van der Waals surface area contributed by atoms with E-state index in [9.17, 15) is 13.2 Å². The van der Waals surface area contributed by atoms with E-state index in [1.54, 1.807) is 41.0 Å². The summed E-state index contributed by atoms with van der Waals surface area (Å²) >= 11 is 0. The van der Waals surface area contributed by atoms with Crippen molar-refractivity contribution >= 4 is 16.7 Å². The third kappa shape index (κ3) is 6.98. The van der Waals surface area contributed by atoms with Gasteiger partial charge in [-0.15, -0.1) is 0 Å². The van der Waals surface area contributed by atoms with Gasteiger partial charge in [-0.1, -0.05) is 38.0 Å². The minimum Gasteiger partial charge on any atom is -0.493 e. The maximum absolute atomic E-state index is 14.0. The molecule has 3 aromatic carbocycles. The lowest BCUT2D eigenvalue weighted by molar-refractivity contribution is -0.138. The number of methoxy groups -OCH3 is 3. The van der Waals surface area contributed by atoms with E-state index in [1.165, 1.54) is 33.5 Å². The Labute approximate surface area is 243 Å². The predicted molar refractivity (Wildman–Crippen MR) is 157 cm³/mol. The zero-order chi connectivity index (χ0) is 30.3. The van der Waals surface area contributed by atoms with Gasteiger partial charge in [0.05, 0.1) is 51.1 Å². The molecule has 1 N–H and O–H groups in total. The van der Waals surface area contributed by atoms with Gasteiger partial charge in [0.25, 0.3) is 0 Å². The molecule has 0 saturated carbocycles. The second-order valence-electron chi connectivity index (χ2n) is 9.90. The van der Waals surface area contributed by atoms with Crippen molar-refractivity contribution in [2.24, 2.45) is 0 Å². The molecule has 0 aliphatic rings. The summed E-state index contributed by atoms with van der Waals surface area (Å²) in [5, 5.41) is 8.17. The van der Waals surface area contributed by atoms with Gasteiger partial charge >= 0.3 is 6.18 Å². The number of alkyl halides is 3. The number of imidazole rings is 1. The van der Waals surface area contributed by atoms with E-state index in [2.05, 4.69) is 6.92 Å². The Bertz CT molecular complexity index is 1510. The molecule has 0 saturated heterocycles. The summed E-state index contributed by atoms with van der Waals surface area (Å²) in [6.45, 7) is 2.37. The van der Waals surface area contributed by atoms with Gasteiger partial charge in [0, 0.05) is 23.8 Å². The Morgan fingerprint density at radius 1 is 0.905 bits per heavy atom. The summed E-state index contributed by atoms with van der Waals surface area (Å²) in [6, 6.07) is 14.3. The molecule has 0 radical (unpaired) electrons. The number of nitrogens with zero attached hydrogens (tertiary/aromatic N) is 2. The van der Waals surface area contributed by atoms with Crippen LogP contribution in [0.15, 0.2) is 54.6 Å². The Morgan fingerprint density at radius 2 is 1.62 bits per heavy atom. The maximum atomic E-state index is 14.0. The van der Waals surface area contributed by atoms with Crippen LogP contribution in [0.3, 0.4) is 0 Å². The quantitative estimate of drug-likeness (QED) is 0.120. The summed E-state index contributed by atoms with van der Waals surface area (Å²) in [6.07, 6.45) is -0.0752. The van der Waals surface area contributed by atoms with E-state index in [4.69, 9.17) is 29.3 Å². The van der Waals surface area contributed by atoms with Crippen LogP contribution in [-0.4, -0.2) is 43.2 Å². The predicted octanol–water partition coefficient (Wildman–Crippen LogP) is 8.17. The maximum Gasteiger partial charge on any atom is 0.416 e. The van der Waals surface area contributed by atoms with E-state index < -0.39 is 11.7 Å². The fourth-order valence-corrected chi connectivity index (χ4v) is 4.89. The zero-order valence-corrected chi connectivity index (χ0v) is 24.3. The first kappa shape index (κ1) is 30.7. The van der Waals surface area contributed by atoms with Crippen LogP contribution >= 0.6 is 0 Å². The van der Waals surface area contributed by atoms with Crippen LogP contribution in [0.25, 0.3) is 22.4 Å². The average molecular weight is 584 g/mol. The molecule has 0 amide bonds. The molecule has 0 unspecified atom stereocenters. The van der Waals surface area contributed by atoms with Crippen molar-refractivity contribution in [1.29, 1.82) is 5.41 Å². The van der Waals surface area contributed by atoms with Gasteiger partial charge in [-0.2, -0.15) is 13.2 Å². The average Bonchev–Trinajstić information content (AvgIpc) is 3.33. The molecular weight excluding hydrogens is 547 g/mol. The van der Waals surface area contributed by atoms with Crippen molar-refractivity contribution in [1.82, 2.24) is 9.55 Å². The lowest BCUT2D eigenvalue weighted by atomic mass is 10.1. The highest BCUT2D eigenvalue weighted by molar-refractivity contribution is 5.83. The molecule has 0 spiro atoms. The molecule has 42 heavy (non-hydrogen) atoms. The number of hydrogen-bond acceptors (Lipinski definition) is 6. The van der Waals surface area contributed by atoms with Crippen molar-refractivity contribution in [3.63, 3.8) is 0 Å². The smallest absolute Gasteiger partial charge is 0.416 e.